The first-order valence-corrected chi connectivity index (χ1v) is 6.52. The number of nitrogens with zero attached hydrogens (tertiary/aromatic N) is 3. The average molecular weight is 383 g/mol. The number of aromatic nitrogens is 2. The van der Waals surface area contributed by atoms with Gasteiger partial charge in [0.05, 0.1) is 10.5 Å². The number of hydrogen-bond acceptors (Lipinski definition) is 5. The second kappa shape index (κ2) is 6.31. The molecule has 0 amide bonds. The molecule has 0 saturated heterocycles. The van der Waals surface area contributed by atoms with Crippen LogP contribution < -0.4 is 4.74 Å². The zero-order valence-corrected chi connectivity index (χ0v) is 12.6. The highest BCUT2D eigenvalue weighted by Gasteiger charge is 2.38. The quantitative estimate of drug-likeness (QED) is 0.449. The lowest BCUT2D eigenvalue weighted by molar-refractivity contribution is -0.385. The second-order valence-electron chi connectivity index (χ2n) is 4.84. The van der Waals surface area contributed by atoms with Gasteiger partial charge in [-0.05, 0) is 12.1 Å². The van der Waals surface area contributed by atoms with Crippen LogP contribution in [0.25, 0.3) is 0 Å². The molecule has 0 aliphatic rings. The molecule has 0 bridgehead atoms. The van der Waals surface area contributed by atoms with Crippen molar-refractivity contribution in [1.82, 2.24) is 9.78 Å². The number of carbonyl (C=O) groups is 1. The Morgan fingerprint density at radius 2 is 1.77 bits per heavy atom. The number of alkyl halides is 6. The molecule has 26 heavy (non-hydrogen) atoms. The molecule has 7 nitrogen and oxygen atoms in total. The lowest BCUT2D eigenvalue weighted by Crippen LogP contribution is -2.18. The van der Waals surface area contributed by atoms with Crippen LogP contribution in [0.5, 0.6) is 11.6 Å². The molecule has 0 fully saturated rings. The summed E-state index contributed by atoms with van der Waals surface area (Å²) in [6.45, 7) is 0.784. The maximum Gasteiger partial charge on any atom is 0.433 e. The minimum atomic E-state index is -4.98. The van der Waals surface area contributed by atoms with E-state index < -0.39 is 51.8 Å². The van der Waals surface area contributed by atoms with E-state index in [1.807, 2.05) is 0 Å². The minimum Gasteiger partial charge on any atom is -0.430 e. The number of ether oxygens (including phenoxy) is 1. The molecule has 0 radical (unpaired) electrons. The van der Waals surface area contributed by atoms with E-state index in [-0.39, 0.29) is 10.7 Å². The lowest BCUT2D eigenvalue weighted by Gasteiger charge is -2.08. The smallest absolute Gasteiger partial charge is 0.430 e. The van der Waals surface area contributed by atoms with Crippen molar-refractivity contribution < 1.29 is 40.8 Å². The molecule has 0 unspecified atom stereocenters. The van der Waals surface area contributed by atoms with Crippen molar-refractivity contribution >= 4 is 11.6 Å². The Morgan fingerprint density at radius 1 is 1.15 bits per heavy atom. The first kappa shape index (κ1) is 19.2. The molecule has 0 atom stereocenters. The van der Waals surface area contributed by atoms with Gasteiger partial charge in [-0.25, -0.2) is 0 Å². The highest BCUT2D eigenvalue weighted by molar-refractivity contribution is 5.76. The standard InChI is InChI=1S/C13H7F6N3O4/c1-6(23)21-10(13(17,18)19)5-11(20-21)26-9-3-2-7(12(14,15)16)4-8(9)22(24)25/h2-5H,1H3. The van der Waals surface area contributed by atoms with Crippen molar-refractivity contribution in [3.05, 3.63) is 45.6 Å². The van der Waals surface area contributed by atoms with E-state index in [9.17, 15) is 41.3 Å². The van der Waals surface area contributed by atoms with Crippen molar-refractivity contribution in [2.75, 3.05) is 0 Å². The molecule has 140 valence electrons. The molecule has 0 spiro atoms. The second-order valence-corrected chi connectivity index (χ2v) is 4.84. The van der Waals surface area contributed by atoms with E-state index in [1.54, 1.807) is 0 Å². The Labute approximate surface area is 139 Å². The summed E-state index contributed by atoms with van der Waals surface area (Å²) >= 11 is 0. The van der Waals surface area contributed by atoms with E-state index in [4.69, 9.17) is 4.74 Å². The first-order chi connectivity index (χ1) is 11.8. The van der Waals surface area contributed by atoms with Crippen LogP contribution in [0.4, 0.5) is 32.0 Å². The Balaban J connectivity index is 2.49. The predicted octanol–water partition coefficient (Wildman–Crippen LogP) is 4.28. The van der Waals surface area contributed by atoms with Crippen LogP contribution in [0.15, 0.2) is 24.3 Å². The van der Waals surface area contributed by atoms with E-state index in [2.05, 4.69) is 5.10 Å². The van der Waals surface area contributed by atoms with Gasteiger partial charge in [-0.3, -0.25) is 14.9 Å². The molecule has 0 N–H and O–H groups in total. The number of nitro groups is 1. The van der Waals surface area contributed by atoms with Gasteiger partial charge >= 0.3 is 18.0 Å². The van der Waals surface area contributed by atoms with Gasteiger partial charge in [0.1, 0.15) is 0 Å². The van der Waals surface area contributed by atoms with E-state index >= 15 is 0 Å². The van der Waals surface area contributed by atoms with Gasteiger partial charge in [0, 0.05) is 19.1 Å². The number of hydrogen-bond donors (Lipinski definition) is 0. The maximum atomic E-state index is 12.9. The molecular formula is C13H7F6N3O4. The molecule has 2 aromatic rings. The molecule has 1 heterocycles. The zero-order chi connectivity index (χ0) is 19.9. The van der Waals surface area contributed by atoms with Gasteiger partial charge in [0.15, 0.2) is 5.69 Å². The van der Waals surface area contributed by atoms with Gasteiger partial charge in [-0.1, -0.05) is 0 Å². The largest absolute Gasteiger partial charge is 0.433 e. The van der Waals surface area contributed by atoms with E-state index in [1.165, 1.54) is 0 Å². The third-order valence-corrected chi connectivity index (χ3v) is 2.97. The van der Waals surface area contributed by atoms with Gasteiger partial charge in [-0.15, -0.1) is 5.10 Å². The summed E-state index contributed by atoms with van der Waals surface area (Å²) in [7, 11) is 0. The van der Waals surface area contributed by atoms with Crippen LogP contribution in [0.1, 0.15) is 23.0 Å². The SMILES string of the molecule is CC(=O)n1nc(Oc2ccc(C(F)(F)F)cc2[N+](=O)[O-])cc1C(F)(F)F. The third kappa shape index (κ3) is 3.92. The van der Waals surface area contributed by atoms with Crippen LogP contribution in [0.2, 0.25) is 0 Å². The zero-order valence-electron chi connectivity index (χ0n) is 12.6. The molecule has 2 rings (SSSR count). The van der Waals surface area contributed by atoms with Crippen LogP contribution >= 0.6 is 0 Å². The summed E-state index contributed by atoms with van der Waals surface area (Å²) in [5.41, 5.74) is -3.98. The van der Waals surface area contributed by atoms with Crippen LogP contribution in [0, 0.1) is 10.1 Å². The fourth-order valence-electron chi connectivity index (χ4n) is 1.89. The van der Waals surface area contributed by atoms with Crippen molar-refractivity contribution in [2.24, 2.45) is 0 Å². The van der Waals surface area contributed by atoms with E-state index in [0.29, 0.717) is 18.2 Å². The number of benzene rings is 1. The van der Waals surface area contributed by atoms with Gasteiger partial charge in [0.25, 0.3) is 0 Å². The molecule has 0 saturated carbocycles. The summed E-state index contributed by atoms with van der Waals surface area (Å²) in [6, 6.07) is 1.49. The van der Waals surface area contributed by atoms with Gasteiger partial charge < -0.3 is 4.74 Å². The van der Waals surface area contributed by atoms with Crippen LogP contribution in [-0.4, -0.2) is 20.6 Å². The summed E-state index contributed by atoms with van der Waals surface area (Å²) in [5.74, 6) is -2.74. The number of halogens is 6. The Bertz CT molecular complexity index is 872. The van der Waals surface area contributed by atoms with E-state index in [0.717, 1.165) is 6.92 Å². The number of rotatable bonds is 3. The topological polar surface area (TPSA) is 87.3 Å². The minimum absolute atomic E-state index is 0.0365. The Kier molecular flexibility index (Phi) is 4.66. The summed E-state index contributed by atoms with van der Waals surface area (Å²) < 4.78 is 81.2. The summed E-state index contributed by atoms with van der Waals surface area (Å²) in [5, 5.41) is 14.2. The molecule has 0 aliphatic heterocycles. The van der Waals surface area contributed by atoms with Crippen LogP contribution in [0.3, 0.4) is 0 Å². The highest BCUT2D eigenvalue weighted by Crippen LogP contribution is 2.38. The highest BCUT2D eigenvalue weighted by atomic mass is 19.4. The summed E-state index contributed by atoms with van der Waals surface area (Å²) in [6.07, 6.45) is -9.85. The normalized spacial score (nSPS) is 12.1. The summed E-state index contributed by atoms with van der Waals surface area (Å²) in [4.78, 5) is 21.0. The molecular weight excluding hydrogens is 376 g/mol. The van der Waals surface area contributed by atoms with Crippen molar-refractivity contribution in [3.8, 4) is 11.6 Å². The molecule has 13 heteroatoms. The van der Waals surface area contributed by atoms with Crippen molar-refractivity contribution in [3.63, 3.8) is 0 Å². The number of carbonyl (C=O) groups excluding carboxylic acids is 1. The fraction of sp³-hybridized carbons (Fsp3) is 0.231. The fourth-order valence-corrected chi connectivity index (χ4v) is 1.89. The van der Waals surface area contributed by atoms with Crippen molar-refractivity contribution in [2.45, 2.75) is 19.3 Å². The lowest BCUT2D eigenvalue weighted by atomic mass is 10.2. The van der Waals surface area contributed by atoms with Gasteiger partial charge in [0.2, 0.25) is 17.5 Å². The third-order valence-electron chi connectivity index (χ3n) is 2.97. The molecule has 1 aromatic heterocycles. The number of nitro benzene ring substituents is 1. The predicted molar refractivity (Wildman–Crippen MR) is 71.7 cm³/mol. The van der Waals surface area contributed by atoms with Crippen LogP contribution in [-0.2, 0) is 12.4 Å². The Hall–Kier alpha value is -3.12. The van der Waals surface area contributed by atoms with Crippen molar-refractivity contribution in [1.29, 1.82) is 0 Å². The molecule has 1 aromatic carbocycles. The van der Waals surface area contributed by atoms with Gasteiger partial charge in [-0.2, -0.15) is 31.0 Å². The molecule has 0 aliphatic carbocycles. The Morgan fingerprint density at radius 3 is 2.19 bits per heavy atom. The monoisotopic (exact) mass is 383 g/mol. The first-order valence-electron chi connectivity index (χ1n) is 6.52. The maximum absolute atomic E-state index is 12.9. The average Bonchev–Trinajstić information content (AvgIpc) is 2.90.